The maximum Gasteiger partial charge on any atom is 0.313 e. The van der Waals surface area contributed by atoms with Gasteiger partial charge in [0.15, 0.2) is 5.78 Å². The molecule has 1 aliphatic rings. The molecule has 1 saturated carbocycles. The summed E-state index contributed by atoms with van der Waals surface area (Å²) in [6, 6.07) is 16.5. The maximum atomic E-state index is 12.6. The first-order chi connectivity index (χ1) is 12.1. The highest BCUT2D eigenvalue weighted by Gasteiger charge is 2.23. The van der Waals surface area contributed by atoms with Crippen LogP contribution in [-0.2, 0) is 9.53 Å². The van der Waals surface area contributed by atoms with E-state index in [1.165, 1.54) is 6.42 Å². The van der Waals surface area contributed by atoms with Gasteiger partial charge in [-0.3, -0.25) is 9.59 Å². The molecule has 1 fully saturated rings. The van der Waals surface area contributed by atoms with Crippen LogP contribution in [-0.4, -0.2) is 17.9 Å². The van der Waals surface area contributed by atoms with Crippen molar-refractivity contribution in [2.75, 3.05) is 0 Å². The summed E-state index contributed by atoms with van der Waals surface area (Å²) in [4.78, 5) is 25.0. The molecular formula is C22H24O3. The predicted octanol–water partition coefficient (Wildman–Crippen LogP) is 4.90. The van der Waals surface area contributed by atoms with Gasteiger partial charge in [0.1, 0.15) is 6.10 Å². The Morgan fingerprint density at radius 1 is 0.920 bits per heavy atom. The van der Waals surface area contributed by atoms with Crippen LogP contribution >= 0.6 is 0 Å². The summed E-state index contributed by atoms with van der Waals surface area (Å²) in [6.07, 6.45) is 5.47. The van der Waals surface area contributed by atoms with Crippen molar-refractivity contribution >= 4 is 11.8 Å². The van der Waals surface area contributed by atoms with E-state index in [1.807, 2.05) is 43.3 Å². The molecular weight excluding hydrogens is 312 g/mol. The van der Waals surface area contributed by atoms with Crippen LogP contribution in [0.5, 0.6) is 0 Å². The quantitative estimate of drug-likeness (QED) is 0.576. The lowest BCUT2D eigenvalue weighted by molar-refractivity contribution is -0.151. The second kappa shape index (κ2) is 8.11. The smallest absolute Gasteiger partial charge is 0.313 e. The van der Waals surface area contributed by atoms with Crippen LogP contribution in [0.25, 0.3) is 0 Å². The summed E-state index contributed by atoms with van der Waals surface area (Å²) >= 11 is 0. The summed E-state index contributed by atoms with van der Waals surface area (Å²) in [6.45, 7) is 1.84. The zero-order valence-electron chi connectivity index (χ0n) is 14.6. The van der Waals surface area contributed by atoms with Crippen molar-refractivity contribution in [1.29, 1.82) is 0 Å². The van der Waals surface area contributed by atoms with Crippen LogP contribution in [0.15, 0.2) is 54.6 Å². The lowest BCUT2D eigenvalue weighted by Gasteiger charge is -2.23. The van der Waals surface area contributed by atoms with Gasteiger partial charge in [-0.2, -0.15) is 0 Å². The molecule has 0 spiro atoms. The molecule has 0 heterocycles. The third-order valence-electron chi connectivity index (χ3n) is 4.87. The zero-order valence-corrected chi connectivity index (χ0v) is 14.6. The van der Waals surface area contributed by atoms with E-state index in [1.54, 1.807) is 18.2 Å². The highest BCUT2D eigenvalue weighted by atomic mass is 16.5. The van der Waals surface area contributed by atoms with E-state index in [2.05, 4.69) is 0 Å². The van der Waals surface area contributed by atoms with Gasteiger partial charge in [-0.05, 0) is 44.2 Å². The molecule has 0 radical (unpaired) electrons. The number of carbonyl (C=O) groups excluding carboxylic acids is 2. The Morgan fingerprint density at radius 3 is 2.32 bits per heavy atom. The highest BCUT2D eigenvalue weighted by molar-refractivity contribution is 6.09. The lowest BCUT2D eigenvalue weighted by atomic mass is 9.95. The van der Waals surface area contributed by atoms with Crippen LogP contribution < -0.4 is 0 Å². The Balaban J connectivity index is 1.71. The molecule has 3 rings (SSSR count). The minimum atomic E-state index is -0.370. The molecule has 3 nitrogen and oxygen atoms in total. The molecule has 25 heavy (non-hydrogen) atoms. The standard InChI is InChI=1S/C22H24O3/c1-16(22(24)25-20-13-6-3-7-14-20)18-11-8-12-19(15-18)21(23)17-9-4-2-5-10-17/h2,4-5,8-12,15-16,20H,3,6-7,13-14H2,1H3. The van der Waals surface area contributed by atoms with Crippen molar-refractivity contribution in [3.8, 4) is 0 Å². The van der Waals surface area contributed by atoms with E-state index >= 15 is 0 Å². The number of hydrogen-bond acceptors (Lipinski definition) is 3. The fraction of sp³-hybridized carbons (Fsp3) is 0.364. The minimum Gasteiger partial charge on any atom is -0.462 e. The van der Waals surface area contributed by atoms with E-state index < -0.39 is 0 Å². The second-order valence-electron chi connectivity index (χ2n) is 6.74. The Bertz CT molecular complexity index is 730. The summed E-state index contributed by atoms with van der Waals surface area (Å²) in [5, 5.41) is 0. The zero-order chi connectivity index (χ0) is 17.6. The fourth-order valence-corrected chi connectivity index (χ4v) is 3.29. The topological polar surface area (TPSA) is 43.4 Å². The maximum absolute atomic E-state index is 12.6. The SMILES string of the molecule is CC(C(=O)OC1CCCCC1)c1cccc(C(=O)c2ccccc2)c1. The first-order valence-corrected chi connectivity index (χ1v) is 9.05. The molecule has 0 N–H and O–H groups in total. The van der Waals surface area contributed by atoms with Gasteiger partial charge < -0.3 is 4.74 Å². The number of carbonyl (C=O) groups is 2. The number of benzene rings is 2. The number of esters is 1. The van der Waals surface area contributed by atoms with E-state index in [4.69, 9.17) is 4.74 Å². The first kappa shape index (κ1) is 17.4. The largest absolute Gasteiger partial charge is 0.462 e. The first-order valence-electron chi connectivity index (χ1n) is 9.05. The molecule has 1 unspecified atom stereocenters. The molecule has 0 amide bonds. The van der Waals surface area contributed by atoms with Crippen molar-refractivity contribution in [3.63, 3.8) is 0 Å². The average Bonchev–Trinajstić information content (AvgIpc) is 2.68. The van der Waals surface area contributed by atoms with Crippen LogP contribution in [0, 0.1) is 0 Å². The monoisotopic (exact) mass is 336 g/mol. The van der Waals surface area contributed by atoms with Gasteiger partial charge in [0.05, 0.1) is 5.92 Å². The Labute approximate surface area is 149 Å². The number of hydrogen-bond donors (Lipinski definition) is 0. The molecule has 0 saturated heterocycles. The van der Waals surface area contributed by atoms with Crippen LogP contribution in [0.1, 0.15) is 66.4 Å². The number of ketones is 1. The minimum absolute atomic E-state index is 0.0321. The lowest BCUT2D eigenvalue weighted by Crippen LogP contribution is -2.24. The third-order valence-corrected chi connectivity index (χ3v) is 4.87. The fourth-order valence-electron chi connectivity index (χ4n) is 3.29. The van der Waals surface area contributed by atoms with Gasteiger partial charge in [-0.1, -0.05) is 55.0 Å². The van der Waals surface area contributed by atoms with Crippen LogP contribution in [0.3, 0.4) is 0 Å². The van der Waals surface area contributed by atoms with E-state index in [0.717, 1.165) is 31.2 Å². The van der Waals surface area contributed by atoms with Crippen molar-refractivity contribution in [2.45, 2.75) is 51.0 Å². The van der Waals surface area contributed by atoms with Gasteiger partial charge in [0, 0.05) is 11.1 Å². The molecule has 0 aliphatic heterocycles. The molecule has 2 aromatic carbocycles. The van der Waals surface area contributed by atoms with Crippen LogP contribution in [0.4, 0.5) is 0 Å². The number of rotatable bonds is 5. The normalized spacial score (nSPS) is 16.2. The Morgan fingerprint density at radius 2 is 1.60 bits per heavy atom. The molecule has 0 bridgehead atoms. The Hall–Kier alpha value is -2.42. The summed E-state index contributed by atoms with van der Waals surface area (Å²) in [5.74, 6) is -0.600. The molecule has 2 aromatic rings. The average molecular weight is 336 g/mol. The van der Waals surface area contributed by atoms with Crippen molar-refractivity contribution < 1.29 is 14.3 Å². The van der Waals surface area contributed by atoms with Crippen molar-refractivity contribution in [1.82, 2.24) is 0 Å². The van der Waals surface area contributed by atoms with Gasteiger partial charge in [-0.15, -0.1) is 0 Å². The second-order valence-corrected chi connectivity index (χ2v) is 6.74. The predicted molar refractivity (Wildman–Crippen MR) is 97.7 cm³/mol. The van der Waals surface area contributed by atoms with Gasteiger partial charge in [0.2, 0.25) is 0 Å². The van der Waals surface area contributed by atoms with Crippen molar-refractivity contribution in [3.05, 3.63) is 71.3 Å². The molecule has 130 valence electrons. The molecule has 1 aliphatic carbocycles. The summed E-state index contributed by atoms with van der Waals surface area (Å²) in [5.41, 5.74) is 2.07. The number of ether oxygens (including phenoxy) is 1. The van der Waals surface area contributed by atoms with Gasteiger partial charge in [0.25, 0.3) is 0 Å². The highest BCUT2D eigenvalue weighted by Crippen LogP contribution is 2.25. The Kier molecular flexibility index (Phi) is 5.64. The molecule has 1 atom stereocenters. The molecule has 0 aromatic heterocycles. The third kappa shape index (κ3) is 4.36. The van der Waals surface area contributed by atoms with E-state index in [0.29, 0.717) is 11.1 Å². The summed E-state index contributed by atoms with van der Waals surface area (Å²) in [7, 11) is 0. The molecule has 3 heteroatoms. The van der Waals surface area contributed by atoms with Crippen LogP contribution in [0.2, 0.25) is 0 Å². The van der Waals surface area contributed by atoms with Crippen molar-refractivity contribution in [2.24, 2.45) is 0 Å². The van der Waals surface area contributed by atoms with E-state index in [9.17, 15) is 9.59 Å². The van der Waals surface area contributed by atoms with Gasteiger partial charge in [-0.25, -0.2) is 0 Å². The van der Waals surface area contributed by atoms with E-state index in [-0.39, 0.29) is 23.8 Å². The van der Waals surface area contributed by atoms with Gasteiger partial charge >= 0.3 is 5.97 Å². The summed E-state index contributed by atoms with van der Waals surface area (Å²) < 4.78 is 5.67.